The molecule has 1 N–H and O–H groups in total. The lowest BCUT2D eigenvalue weighted by Gasteiger charge is -2.32. The number of carbonyl (C=O) groups excluding carboxylic acids is 1. The Morgan fingerprint density at radius 1 is 1.38 bits per heavy atom. The Bertz CT molecular complexity index is 730. The van der Waals surface area contributed by atoms with Gasteiger partial charge in [0.1, 0.15) is 11.9 Å². The first-order chi connectivity index (χ1) is 11.3. The van der Waals surface area contributed by atoms with E-state index in [2.05, 4.69) is 17.2 Å². The van der Waals surface area contributed by atoms with Crippen molar-refractivity contribution in [3.05, 3.63) is 29.6 Å². The quantitative estimate of drug-likeness (QED) is 0.624. The van der Waals surface area contributed by atoms with E-state index >= 15 is 0 Å². The largest absolute Gasteiger partial charge is 0.433 e. The third-order valence-electron chi connectivity index (χ3n) is 4.03. The van der Waals surface area contributed by atoms with Crippen LogP contribution in [0.15, 0.2) is 18.2 Å². The first kappa shape index (κ1) is 16.8. The van der Waals surface area contributed by atoms with E-state index in [1.54, 1.807) is 0 Å². The Hall–Kier alpha value is -2.07. The highest BCUT2D eigenvalue weighted by atomic mass is 19.4. The van der Waals surface area contributed by atoms with E-state index in [9.17, 15) is 22.4 Å². The van der Waals surface area contributed by atoms with E-state index in [0.717, 1.165) is 31.0 Å². The predicted molar refractivity (Wildman–Crippen MR) is 78.4 cm³/mol. The summed E-state index contributed by atoms with van der Waals surface area (Å²) in [6, 6.07) is 2.81. The van der Waals surface area contributed by atoms with Gasteiger partial charge in [-0.2, -0.15) is 13.2 Å². The number of fused-ring (bicyclic) bond motifs is 1. The number of hydrogen-bond donors (Lipinski definition) is 1. The molecule has 0 radical (unpaired) electrons. The highest BCUT2D eigenvalue weighted by Crippen LogP contribution is 2.47. The minimum Gasteiger partial charge on any atom is -0.337 e. The van der Waals surface area contributed by atoms with Crippen LogP contribution in [0.4, 0.5) is 23.2 Å². The molecule has 1 amide bonds. The average Bonchev–Trinajstić information content (AvgIpc) is 3.32. The molecule has 2 aliphatic rings. The van der Waals surface area contributed by atoms with Gasteiger partial charge in [0.05, 0.1) is 0 Å². The van der Waals surface area contributed by atoms with Gasteiger partial charge in [-0.25, -0.2) is 4.39 Å². The van der Waals surface area contributed by atoms with E-state index < -0.39 is 35.2 Å². The molecule has 0 spiro atoms. The second-order valence-electron chi connectivity index (χ2n) is 5.92. The number of ether oxygens (including phenoxy) is 1. The van der Waals surface area contributed by atoms with E-state index in [0.29, 0.717) is 0 Å². The standard InChI is InChI=1S/C17H15F4NO2/c1-2-14-15(23)22-13-6-5-11(18)9-12(13)16(24-14,17(19,20)21)8-7-10-3-4-10/h5-6,9-10,14H,2-4H2,1H3,(H,22,23)/t14-,16+/m1/s1. The molecule has 24 heavy (non-hydrogen) atoms. The zero-order chi connectivity index (χ0) is 17.5. The van der Waals surface area contributed by atoms with Gasteiger partial charge in [0.2, 0.25) is 0 Å². The lowest BCUT2D eigenvalue weighted by Crippen LogP contribution is -2.46. The maximum atomic E-state index is 14.0. The first-order valence-corrected chi connectivity index (χ1v) is 7.65. The van der Waals surface area contributed by atoms with Crippen molar-refractivity contribution in [3.8, 4) is 11.8 Å². The highest BCUT2D eigenvalue weighted by Gasteiger charge is 2.60. The van der Waals surface area contributed by atoms with E-state index in [-0.39, 0.29) is 18.0 Å². The summed E-state index contributed by atoms with van der Waals surface area (Å²) in [5, 5.41) is 2.38. The average molecular weight is 341 g/mol. The van der Waals surface area contributed by atoms with Gasteiger partial charge < -0.3 is 10.1 Å². The van der Waals surface area contributed by atoms with Crippen LogP contribution in [-0.4, -0.2) is 18.2 Å². The number of carbonyl (C=O) groups is 1. The molecule has 0 saturated heterocycles. The molecule has 1 aromatic carbocycles. The van der Waals surface area contributed by atoms with Gasteiger partial charge in [-0.3, -0.25) is 4.79 Å². The Morgan fingerprint density at radius 2 is 2.08 bits per heavy atom. The molecule has 0 aromatic heterocycles. The van der Waals surface area contributed by atoms with Crippen molar-refractivity contribution in [3.63, 3.8) is 0 Å². The predicted octanol–water partition coefficient (Wildman–Crippen LogP) is 3.74. The van der Waals surface area contributed by atoms with Gasteiger partial charge in [0.15, 0.2) is 0 Å². The molecule has 1 aliphatic heterocycles. The Balaban J connectivity index is 2.25. The Kier molecular flexibility index (Phi) is 4.04. The molecule has 0 bridgehead atoms. The van der Waals surface area contributed by atoms with Gasteiger partial charge >= 0.3 is 6.18 Å². The fraction of sp³-hybridized carbons (Fsp3) is 0.471. The van der Waals surface area contributed by atoms with Crippen LogP contribution in [0.2, 0.25) is 0 Å². The molecule has 1 saturated carbocycles. The van der Waals surface area contributed by atoms with Crippen molar-refractivity contribution in [2.24, 2.45) is 5.92 Å². The van der Waals surface area contributed by atoms with E-state index in [1.165, 1.54) is 6.92 Å². The normalized spacial score (nSPS) is 26.7. The number of benzene rings is 1. The number of halogens is 4. The summed E-state index contributed by atoms with van der Waals surface area (Å²) < 4.78 is 60.9. The summed E-state index contributed by atoms with van der Waals surface area (Å²) in [5.41, 5.74) is -3.69. The Morgan fingerprint density at radius 3 is 2.67 bits per heavy atom. The number of hydrogen-bond acceptors (Lipinski definition) is 2. The van der Waals surface area contributed by atoms with Crippen LogP contribution in [0.1, 0.15) is 31.7 Å². The van der Waals surface area contributed by atoms with Crippen molar-refractivity contribution < 1.29 is 27.1 Å². The van der Waals surface area contributed by atoms with Crippen molar-refractivity contribution in [2.45, 2.75) is 44.1 Å². The molecule has 7 heteroatoms. The molecule has 128 valence electrons. The second-order valence-corrected chi connectivity index (χ2v) is 5.92. The lowest BCUT2D eigenvalue weighted by molar-refractivity contribution is -0.268. The van der Waals surface area contributed by atoms with Crippen LogP contribution in [0.5, 0.6) is 0 Å². The molecule has 1 aliphatic carbocycles. The summed E-state index contributed by atoms with van der Waals surface area (Å²) in [6.45, 7) is 1.54. The van der Waals surface area contributed by atoms with Crippen LogP contribution in [0.25, 0.3) is 0 Å². The molecule has 2 atom stereocenters. The van der Waals surface area contributed by atoms with Crippen LogP contribution >= 0.6 is 0 Å². The zero-order valence-electron chi connectivity index (χ0n) is 12.8. The van der Waals surface area contributed by atoms with E-state index in [4.69, 9.17) is 4.74 Å². The topological polar surface area (TPSA) is 38.3 Å². The van der Waals surface area contributed by atoms with Crippen LogP contribution in [-0.2, 0) is 15.1 Å². The molecule has 0 unspecified atom stereocenters. The number of rotatable bonds is 1. The maximum absolute atomic E-state index is 14.0. The summed E-state index contributed by atoms with van der Waals surface area (Å²) in [6.07, 6.45) is -4.78. The smallest absolute Gasteiger partial charge is 0.337 e. The number of nitrogens with one attached hydrogen (secondary N) is 1. The molecule has 3 nitrogen and oxygen atoms in total. The zero-order valence-corrected chi connectivity index (χ0v) is 12.8. The lowest BCUT2D eigenvalue weighted by atomic mass is 9.91. The molecular formula is C17H15F4NO2. The minimum atomic E-state index is -4.93. The molecule has 1 aromatic rings. The van der Waals surface area contributed by atoms with Crippen molar-refractivity contribution in [1.29, 1.82) is 0 Å². The number of alkyl halides is 3. The van der Waals surface area contributed by atoms with E-state index in [1.807, 2.05) is 0 Å². The monoisotopic (exact) mass is 341 g/mol. The molecule has 1 fully saturated rings. The molecule has 1 heterocycles. The van der Waals surface area contributed by atoms with Crippen LogP contribution < -0.4 is 5.32 Å². The van der Waals surface area contributed by atoms with Crippen LogP contribution in [0, 0.1) is 23.6 Å². The van der Waals surface area contributed by atoms with Crippen molar-refractivity contribution in [1.82, 2.24) is 0 Å². The van der Waals surface area contributed by atoms with Gasteiger partial charge in [-0.1, -0.05) is 18.8 Å². The highest BCUT2D eigenvalue weighted by molar-refractivity contribution is 5.96. The fourth-order valence-corrected chi connectivity index (χ4v) is 2.55. The second kappa shape index (κ2) is 5.78. The summed E-state index contributed by atoms with van der Waals surface area (Å²) in [7, 11) is 0. The van der Waals surface area contributed by atoms with Crippen LogP contribution in [0.3, 0.4) is 0 Å². The van der Waals surface area contributed by atoms with Crippen molar-refractivity contribution in [2.75, 3.05) is 5.32 Å². The summed E-state index contributed by atoms with van der Waals surface area (Å²) in [4.78, 5) is 12.1. The first-order valence-electron chi connectivity index (χ1n) is 7.65. The van der Waals surface area contributed by atoms with Gasteiger partial charge in [-0.05, 0) is 37.5 Å². The Labute approximate surface area is 136 Å². The number of amides is 1. The SMILES string of the molecule is CC[C@H]1O[C@](C#CC2CC2)(C(F)(F)F)c2cc(F)ccc2NC1=O. The maximum Gasteiger partial charge on any atom is 0.433 e. The summed E-state index contributed by atoms with van der Waals surface area (Å²) in [5.74, 6) is 3.08. The van der Waals surface area contributed by atoms with Gasteiger partial charge in [-0.15, -0.1) is 0 Å². The van der Waals surface area contributed by atoms with Gasteiger partial charge in [0, 0.05) is 17.2 Å². The van der Waals surface area contributed by atoms with Crippen molar-refractivity contribution >= 4 is 11.6 Å². The third-order valence-corrected chi connectivity index (χ3v) is 4.03. The molecular weight excluding hydrogens is 326 g/mol. The minimum absolute atomic E-state index is 0.0330. The fourth-order valence-electron chi connectivity index (χ4n) is 2.55. The number of anilines is 1. The molecule has 3 rings (SSSR count). The summed E-state index contributed by atoms with van der Waals surface area (Å²) >= 11 is 0. The third kappa shape index (κ3) is 2.86. The van der Waals surface area contributed by atoms with Gasteiger partial charge in [0.25, 0.3) is 11.5 Å².